The first kappa shape index (κ1) is 23.9. The molecule has 2 rings (SSSR count). The van der Waals surface area contributed by atoms with Gasteiger partial charge in [0.2, 0.25) is 11.8 Å². The summed E-state index contributed by atoms with van der Waals surface area (Å²) in [5.74, 6) is -0.157. The number of aryl methyl sites for hydroxylation is 2. The summed E-state index contributed by atoms with van der Waals surface area (Å²) >= 11 is 6.02. The van der Waals surface area contributed by atoms with E-state index < -0.39 is 6.04 Å². The van der Waals surface area contributed by atoms with E-state index in [1.807, 2.05) is 71.0 Å². The average molecular weight is 429 g/mol. The summed E-state index contributed by atoms with van der Waals surface area (Å²) in [4.78, 5) is 28.1. The van der Waals surface area contributed by atoms with E-state index in [1.165, 1.54) is 0 Å². The van der Waals surface area contributed by atoms with Gasteiger partial charge in [0, 0.05) is 17.6 Å². The molecule has 162 valence electrons. The van der Waals surface area contributed by atoms with E-state index in [2.05, 4.69) is 11.4 Å². The lowest BCUT2D eigenvalue weighted by Crippen LogP contribution is -2.51. The summed E-state index contributed by atoms with van der Waals surface area (Å²) in [5, 5.41) is 3.69. The van der Waals surface area contributed by atoms with Gasteiger partial charge in [-0.1, -0.05) is 66.9 Å². The Balaban J connectivity index is 2.31. The first-order valence-corrected chi connectivity index (χ1v) is 11.0. The second-order valence-corrected chi connectivity index (χ2v) is 8.50. The fourth-order valence-electron chi connectivity index (χ4n) is 3.59. The van der Waals surface area contributed by atoms with Crippen LogP contribution >= 0.6 is 11.6 Å². The molecule has 0 unspecified atom stereocenters. The SMILES string of the molecule is CC[C@@H](C)NC(=O)[C@@H](CC)N(Cc1ccc(Cl)cc1)C(=O)Cc1cc(C)cc(C)c1. The van der Waals surface area contributed by atoms with Crippen LogP contribution in [0.15, 0.2) is 42.5 Å². The quantitative estimate of drug-likeness (QED) is 0.595. The molecule has 0 heterocycles. The molecule has 0 aromatic heterocycles. The Morgan fingerprint density at radius 3 is 2.10 bits per heavy atom. The van der Waals surface area contributed by atoms with Crippen LogP contribution in [0.1, 0.15) is 55.9 Å². The Hall–Kier alpha value is -2.33. The van der Waals surface area contributed by atoms with Crippen LogP contribution in [0.5, 0.6) is 0 Å². The maximum atomic E-state index is 13.4. The van der Waals surface area contributed by atoms with Gasteiger partial charge in [-0.2, -0.15) is 0 Å². The summed E-state index contributed by atoms with van der Waals surface area (Å²) in [6.07, 6.45) is 1.66. The number of halogens is 1. The van der Waals surface area contributed by atoms with Gasteiger partial charge in [-0.05, 0) is 56.9 Å². The van der Waals surface area contributed by atoms with Crippen molar-refractivity contribution < 1.29 is 9.59 Å². The molecular weight excluding hydrogens is 396 g/mol. The molecule has 2 atom stereocenters. The molecule has 0 fully saturated rings. The predicted molar refractivity (Wildman–Crippen MR) is 124 cm³/mol. The van der Waals surface area contributed by atoms with Crippen LogP contribution in [0.25, 0.3) is 0 Å². The van der Waals surface area contributed by atoms with Gasteiger partial charge in [-0.3, -0.25) is 9.59 Å². The van der Waals surface area contributed by atoms with Crippen LogP contribution in [0.4, 0.5) is 0 Å². The number of nitrogens with one attached hydrogen (secondary N) is 1. The number of rotatable bonds is 9. The molecule has 0 spiro atoms. The van der Waals surface area contributed by atoms with Gasteiger partial charge in [-0.15, -0.1) is 0 Å². The normalized spacial score (nSPS) is 12.9. The second-order valence-electron chi connectivity index (χ2n) is 8.06. The number of nitrogens with zero attached hydrogens (tertiary/aromatic N) is 1. The molecule has 0 bridgehead atoms. The molecule has 30 heavy (non-hydrogen) atoms. The molecule has 2 aromatic carbocycles. The van der Waals surface area contributed by atoms with Crippen molar-refractivity contribution in [3.63, 3.8) is 0 Å². The van der Waals surface area contributed by atoms with Gasteiger partial charge >= 0.3 is 0 Å². The van der Waals surface area contributed by atoms with Crippen molar-refractivity contribution in [2.75, 3.05) is 0 Å². The molecule has 2 aromatic rings. The zero-order chi connectivity index (χ0) is 22.3. The Labute approximate surface area is 185 Å². The zero-order valence-corrected chi connectivity index (χ0v) is 19.4. The van der Waals surface area contributed by atoms with Crippen molar-refractivity contribution in [3.8, 4) is 0 Å². The summed E-state index contributed by atoms with van der Waals surface area (Å²) in [6.45, 7) is 10.4. The molecule has 5 heteroatoms. The van der Waals surface area contributed by atoms with E-state index in [1.54, 1.807) is 4.90 Å². The van der Waals surface area contributed by atoms with Crippen LogP contribution in [-0.2, 0) is 22.6 Å². The third-order valence-corrected chi connectivity index (χ3v) is 5.54. The van der Waals surface area contributed by atoms with Crippen molar-refractivity contribution in [2.24, 2.45) is 0 Å². The topological polar surface area (TPSA) is 49.4 Å². The van der Waals surface area contributed by atoms with Crippen LogP contribution in [0.3, 0.4) is 0 Å². The zero-order valence-electron chi connectivity index (χ0n) is 18.7. The lowest BCUT2D eigenvalue weighted by Gasteiger charge is -2.31. The van der Waals surface area contributed by atoms with E-state index in [4.69, 9.17) is 11.6 Å². The monoisotopic (exact) mass is 428 g/mol. The lowest BCUT2D eigenvalue weighted by molar-refractivity contribution is -0.141. The van der Waals surface area contributed by atoms with Crippen molar-refractivity contribution >= 4 is 23.4 Å². The Morgan fingerprint density at radius 1 is 0.967 bits per heavy atom. The number of amides is 2. The van der Waals surface area contributed by atoms with E-state index in [0.717, 1.165) is 28.7 Å². The highest BCUT2D eigenvalue weighted by molar-refractivity contribution is 6.30. The fourth-order valence-corrected chi connectivity index (χ4v) is 3.72. The van der Waals surface area contributed by atoms with Crippen LogP contribution in [0.2, 0.25) is 5.02 Å². The van der Waals surface area contributed by atoms with Crippen LogP contribution < -0.4 is 5.32 Å². The average Bonchev–Trinajstić information content (AvgIpc) is 2.68. The lowest BCUT2D eigenvalue weighted by atomic mass is 10.0. The largest absolute Gasteiger partial charge is 0.352 e. The van der Waals surface area contributed by atoms with Crippen molar-refractivity contribution in [3.05, 3.63) is 69.7 Å². The smallest absolute Gasteiger partial charge is 0.243 e. The summed E-state index contributed by atoms with van der Waals surface area (Å²) in [5.41, 5.74) is 4.17. The van der Waals surface area contributed by atoms with Gasteiger partial charge in [0.15, 0.2) is 0 Å². The minimum absolute atomic E-state index is 0.0545. The third-order valence-electron chi connectivity index (χ3n) is 5.29. The highest BCUT2D eigenvalue weighted by atomic mass is 35.5. The minimum Gasteiger partial charge on any atom is -0.352 e. The van der Waals surface area contributed by atoms with Crippen LogP contribution in [0, 0.1) is 13.8 Å². The molecule has 0 aliphatic rings. The predicted octanol–water partition coefficient (Wildman–Crippen LogP) is 5.22. The highest BCUT2D eigenvalue weighted by Crippen LogP contribution is 2.18. The van der Waals surface area contributed by atoms with E-state index in [-0.39, 0.29) is 24.3 Å². The van der Waals surface area contributed by atoms with Gasteiger partial charge < -0.3 is 10.2 Å². The first-order chi connectivity index (χ1) is 14.2. The maximum absolute atomic E-state index is 13.4. The minimum atomic E-state index is -0.520. The van der Waals surface area contributed by atoms with Crippen molar-refractivity contribution in [2.45, 2.75) is 72.5 Å². The van der Waals surface area contributed by atoms with Gasteiger partial charge in [0.1, 0.15) is 6.04 Å². The molecule has 0 saturated heterocycles. The summed E-state index contributed by atoms with van der Waals surface area (Å²) in [7, 11) is 0. The fraction of sp³-hybridized carbons (Fsp3) is 0.440. The van der Waals surface area contributed by atoms with Crippen LogP contribution in [-0.4, -0.2) is 28.8 Å². The maximum Gasteiger partial charge on any atom is 0.243 e. The molecular formula is C25H33ClN2O2. The van der Waals surface area contributed by atoms with E-state index in [9.17, 15) is 9.59 Å². The van der Waals surface area contributed by atoms with E-state index >= 15 is 0 Å². The van der Waals surface area contributed by atoms with Gasteiger partial charge in [0.25, 0.3) is 0 Å². The molecule has 2 amide bonds. The molecule has 0 saturated carbocycles. The summed E-state index contributed by atoms with van der Waals surface area (Å²) < 4.78 is 0. The van der Waals surface area contributed by atoms with Crippen molar-refractivity contribution in [1.82, 2.24) is 10.2 Å². The number of carbonyl (C=O) groups excluding carboxylic acids is 2. The van der Waals surface area contributed by atoms with Gasteiger partial charge in [0.05, 0.1) is 6.42 Å². The first-order valence-electron chi connectivity index (χ1n) is 10.6. The number of carbonyl (C=O) groups is 2. The molecule has 0 radical (unpaired) electrons. The molecule has 0 aliphatic carbocycles. The second kappa shape index (κ2) is 11.2. The third kappa shape index (κ3) is 6.88. The molecule has 1 N–H and O–H groups in total. The molecule has 4 nitrogen and oxygen atoms in total. The standard InChI is InChI=1S/C25H33ClN2O2/c1-6-19(5)27-25(30)23(7-2)28(16-20-8-10-22(26)11-9-20)24(29)15-21-13-17(3)12-18(4)14-21/h8-14,19,23H,6-7,15-16H2,1-5H3,(H,27,30)/t19-,23-/m1/s1. The highest BCUT2D eigenvalue weighted by Gasteiger charge is 2.29. The molecule has 0 aliphatic heterocycles. The Morgan fingerprint density at radius 2 is 1.57 bits per heavy atom. The number of benzene rings is 2. The number of hydrogen-bond acceptors (Lipinski definition) is 2. The number of hydrogen-bond donors (Lipinski definition) is 1. The Bertz CT molecular complexity index is 844. The van der Waals surface area contributed by atoms with Gasteiger partial charge in [-0.25, -0.2) is 0 Å². The van der Waals surface area contributed by atoms with E-state index in [0.29, 0.717) is 18.0 Å². The summed E-state index contributed by atoms with van der Waals surface area (Å²) in [6, 6.07) is 13.1. The Kier molecular flexibility index (Phi) is 8.91. The van der Waals surface area contributed by atoms with Crippen molar-refractivity contribution in [1.29, 1.82) is 0 Å².